The van der Waals surface area contributed by atoms with Crippen LogP contribution in [0.5, 0.6) is 0 Å². The van der Waals surface area contributed by atoms with Crippen LogP contribution in [0, 0.1) is 5.41 Å². The Morgan fingerprint density at radius 3 is 2.58 bits per heavy atom. The maximum atomic E-state index is 10.9. The summed E-state index contributed by atoms with van der Waals surface area (Å²) in [6, 6.07) is 0. The van der Waals surface area contributed by atoms with Crippen molar-refractivity contribution in [3.63, 3.8) is 0 Å². The van der Waals surface area contributed by atoms with Gasteiger partial charge in [0.2, 0.25) is 0 Å². The van der Waals surface area contributed by atoms with Crippen LogP contribution in [0.2, 0.25) is 0 Å². The van der Waals surface area contributed by atoms with E-state index >= 15 is 0 Å². The summed E-state index contributed by atoms with van der Waals surface area (Å²) in [5.41, 5.74) is 0.335. The lowest BCUT2D eigenvalue weighted by atomic mass is 9.88. The fraction of sp³-hybridized carbons (Fsp3) is 0.889. The summed E-state index contributed by atoms with van der Waals surface area (Å²) in [4.78, 5) is 10.9. The van der Waals surface area contributed by atoms with E-state index in [1.807, 2.05) is 0 Å². The highest BCUT2D eigenvalue weighted by molar-refractivity contribution is 5.70. The summed E-state index contributed by atoms with van der Waals surface area (Å²) in [5.74, 6) is 0. The van der Waals surface area contributed by atoms with Crippen LogP contribution in [0.4, 0.5) is 4.79 Å². The SMILES string of the molecule is CC1(C)CCC2(COC(=O)N2)C1. The zero-order valence-electron chi connectivity index (χ0n) is 7.64. The van der Waals surface area contributed by atoms with Crippen LogP contribution in [-0.2, 0) is 4.74 Å². The van der Waals surface area contributed by atoms with Crippen molar-refractivity contribution in [2.45, 2.75) is 38.6 Å². The first kappa shape index (κ1) is 7.90. The average molecular weight is 169 g/mol. The molecule has 2 rings (SSSR count). The van der Waals surface area contributed by atoms with Crippen molar-refractivity contribution in [2.24, 2.45) is 5.41 Å². The molecule has 3 nitrogen and oxygen atoms in total. The van der Waals surface area contributed by atoms with Gasteiger partial charge in [0.15, 0.2) is 0 Å². The second-order valence-corrected chi connectivity index (χ2v) is 4.82. The summed E-state index contributed by atoms with van der Waals surface area (Å²) >= 11 is 0. The first-order valence-corrected chi connectivity index (χ1v) is 4.46. The van der Waals surface area contributed by atoms with E-state index in [1.165, 1.54) is 6.42 Å². The van der Waals surface area contributed by atoms with Gasteiger partial charge in [0.1, 0.15) is 6.61 Å². The predicted octanol–water partition coefficient (Wildman–Crippen LogP) is 1.68. The van der Waals surface area contributed by atoms with E-state index in [-0.39, 0.29) is 11.6 Å². The highest BCUT2D eigenvalue weighted by Crippen LogP contribution is 2.44. The van der Waals surface area contributed by atoms with Crippen molar-refractivity contribution in [1.82, 2.24) is 5.32 Å². The summed E-state index contributed by atoms with van der Waals surface area (Å²) in [7, 11) is 0. The van der Waals surface area contributed by atoms with Gasteiger partial charge in [0.05, 0.1) is 5.54 Å². The van der Waals surface area contributed by atoms with Gasteiger partial charge in [-0.1, -0.05) is 13.8 Å². The maximum Gasteiger partial charge on any atom is 0.407 e. The van der Waals surface area contributed by atoms with Crippen molar-refractivity contribution in [1.29, 1.82) is 0 Å². The Kier molecular flexibility index (Phi) is 1.41. The predicted molar refractivity (Wildman–Crippen MR) is 44.8 cm³/mol. The second-order valence-electron chi connectivity index (χ2n) is 4.82. The minimum absolute atomic E-state index is 0.0272. The van der Waals surface area contributed by atoms with Crippen LogP contribution in [0.1, 0.15) is 33.1 Å². The van der Waals surface area contributed by atoms with Crippen molar-refractivity contribution < 1.29 is 9.53 Å². The number of carbonyl (C=O) groups is 1. The number of nitrogens with one attached hydrogen (secondary N) is 1. The minimum Gasteiger partial charge on any atom is -0.447 e. The summed E-state index contributed by atoms with van der Waals surface area (Å²) in [6.45, 7) is 5.05. The number of carbonyl (C=O) groups excluding carboxylic acids is 1. The van der Waals surface area contributed by atoms with Crippen molar-refractivity contribution in [3.05, 3.63) is 0 Å². The topological polar surface area (TPSA) is 38.3 Å². The van der Waals surface area contributed by atoms with Gasteiger partial charge in [-0.15, -0.1) is 0 Å². The van der Waals surface area contributed by atoms with Gasteiger partial charge >= 0.3 is 6.09 Å². The quantitative estimate of drug-likeness (QED) is 0.599. The molecule has 1 heterocycles. The van der Waals surface area contributed by atoms with Crippen LogP contribution >= 0.6 is 0 Å². The van der Waals surface area contributed by atoms with Gasteiger partial charge in [-0.2, -0.15) is 0 Å². The molecule has 0 radical (unpaired) electrons. The Morgan fingerprint density at radius 1 is 1.42 bits per heavy atom. The average Bonchev–Trinajstić information content (AvgIpc) is 2.41. The van der Waals surface area contributed by atoms with Crippen molar-refractivity contribution >= 4 is 6.09 Å². The molecule has 2 aliphatic rings. The molecule has 1 amide bonds. The lowest BCUT2D eigenvalue weighted by Crippen LogP contribution is -2.41. The van der Waals surface area contributed by atoms with Crippen molar-refractivity contribution in [2.75, 3.05) is 6.61 Å². The number of ether oxygens (including phenoxy) is 1. The molecule has 0 aromatic heterocycles. The number of hydrogen-bond acceptors (Lipinski definition) is 2. The van der Waals surface area contributed by atoms with Gasteiger partial charge in [0.25, 0.3) is 0 Å². The molecule has 1 aliphatic heterocycles. The van der Waals surface area contributed by atoms with Gasteiger partial charge < -0.3 is 10.1 Å². The Labute approximate surface area is 72.5 Å². The highest BCUT2D eigenvalue weighted by Gasteiger charge is 2.48. The molecule has 12 heavy (non-hydrogen) atoms. The summed E-state index contributed by atoms with van der Waals surface area (Å²) in [5, 5.41) is 2.92. The summed E-state index contributed by atoms with van der Waals surface area (Å²) < 4.78 is 4.93. The van der Waals surface area contributed by atoms with Crippen LogP contribution < -0.4 is 5.32 Å². The Morgan fingerprint density at radius 2 is 2.17 bits per heavy atom. The zero-order valence-corrected chi connectivity index (χ0v) is 7.64. The molecule has 0 aromatic rings. The van der Waals surface area contributed by atoms with E-state index in [0.29, 0.717) is 12.0 Å². The molecule has 1 spiro atoms. The van der Waals surface area contributed by atoms with E-state index in [9.17, 15) is 4.79 Å². The zero-order chi connectivity index (χ0) is 8.82. The first-order valence-electron chi connectivity index (χ1n) is 4.46. The van der Waals surface area contributed by atoms with E-state index in [1.54, 1.807) is 0 Å². The van der Waals surface area contributed by atoms with E-state index < -0.39 is 0 Å². The molecule has 1 aliphatic carbocycles. The fourth-order valence-electron chi connectivity index (χ4n) is 2.39. The van der Waals surface area contributed by atoms with E-state index in [2.05, 4.69) is 19.2 Å². The largest absolute Gasteiger partial charge is 0.447 e. The van der Waals surface area contributed by atoms with Crippen LogP contribution in [0.3, 0.4) is 0 Å². The number of cyclic esters (lactones) is 1. The summed E-state index contributed by atoms with van der Waals surface area (Å²) in [6.07, 6.45) is 3.04. The lowest BCUT2D eigenvalue weighted by molar-refractivity contribution is 0.171. The maximum absolute atomic E-state index is 10.9. The normalized spacial score (nSPS) is 38.3. The molecule has 0 bridgehead atoms. The smallest absolute Gasteiger partial charge is 0.407 e. The van der Waals surface area contributed by atoms with Gasteiger partial charge in [0, 0.05) is 0 Å². The van der Waals surface area contributed by atoms with Crippen LogP contribution in [0.25, 0.3) is 0 Å². The lowest BCUT2D eigenvalue weighted by Gasteiger charge is -2.22. The Balaban J connectivity index is 2.11. The third-order valence-electron chi connectivity index (χ3n) is 2.94. The number of hydrogen-bond donors (Lipinski definition) is 1. The standard InChI is InChI=1S/C9H15NO2/c1-8(2)3-4-9(5-8)6-12-7(11)10-9/h3-6H2,1-2H3,(H,10,11). The van der Waals surface area contributed by atoms with E-state index in [0.717, 1.165) is 12.8 Å². The highest BCUT2D eigenvalue weighted by atomic mass is 16.6. The molecule has 1 atom stereocenters. The Hall–Kier alpha value is -0.730. The van der Waals surface area contributed by atoms with Crippen LogP contribution in [-0.4, -0.2) is 18.2 Å². The van der Waals surface area contributed by atoms with Crippen molar-refractivity contribution in [3.8, 4) is 0 Å². The molecule has 1 saturated carbocycles. The monoisotopic (exact) mass is 169 g/mol. The third-order valence-corrected chi connectivity index (χ3v) is 2.94. The molecule has 0 aromatic carbocycles. The molecule has 1 saturated heterocycles. The fourth-order valence-corrected chi connectivity index (χ4v) is 2.39. The minimum atomic E-state index is -0.243. The van der Waals surface area contributed by atoms with Crippen LogP contribution in [0.15, 0.2) is 0 Å². The number of alkyl carbamates (subject to hydrolysis) is 1. The third kappa shape index (κ3) is 1.17. The van der Waals surface area contributed by atoms with Gasteiger partial charge in [-0.25, -0.2) is 4.79 Å². The number of rotatable bonds is 0. The van der Waals surface area contributed by atoms with Gasteiger partial charge in [-0.3, -0.25) is 0 Å². The molecule has 68 valence electrons. The molecule has 1 N–H and O–H groups in total. The number of amides is 1. The molecule has 1 unspecified atom stereocenters. The first-order chi connectivity index (χ1) is 5.52. The van der Waals surface area contributed by atoms with E-state index in [4.69, 9.17) is 4.74 Å². The second kappa shape index (κ2) is 2.15. The van der Waals surface area contributed by atoms with Gasteiger partial charge in [-0.05, 0) is 24.7 Å². The molecular weight excluding hydrogens is 154 g/mol. The molecule has 2 fully saturated rings. The molecule has 3 heteroatoms. The molecular formula is C9H15NO2. The Bertz CT molecular complexity index is 225.